The molecule has 2 fully saturated rings. The van der Waals surface area contributed by atoms with E-state index in [0.29, 0.717) is 6.04 Å². The molecule has 0 radical (unpaired) electrons. The van der Waals surface area contributed by atoms with Crippen LogP contribution in [0.5, 0.6) is 0 Å². The van der Waals surface area contributed by atoms with Crippen LogP contribution < -0.4 is 5.32 Å². The maximum Gasteiger partial charge on any atom is 0.237 e. The van der Waals surface area contributed by atoms with Gasteiger partial charge in [0.25, 0.3) is 0 Å². The fourth-order valence-corrected chi connectivity index (χ4v) is 2.06. The van der Waals surface area contributed by atoms with E-state index in [9.17, 15) is 4.79 Å². The number of likely N-dealkylation sites (tertiary alicyclic amines) is 1. The van der Waals surface area contributed by atoms with Gasteiger partial charge in [-0.2, -0.15) is 0 Å². The van der Waals surface area contributed by atoms with Gasteiger partial charge in [-0.15, -0.1) is 11.6 Å². The molecule has 14 heavy (non-hydrogen) atoms. The summed E-state index contributed by atoms with van der Waals surface area (Å²) in [6.07, 6.45) is 3.84. The third-order valence-corrected chi connectivity index (χ3v) is 3.28. The van der Waals surface area contributed by atoms with Gasteiger partial charge >= 0.3 is 0 Å². The second-order valence-corrected chi connectivity index (χ2v) is 4.58. The molecule has 1 unspecified atom stereocenters. The molecule has 1 saturated carbocycles. The van der Waals surface area contributed by atoms with Crippen molar-refractivity contribution in [1.82, 2.24) is 10.2 Å². The van der Waals surface area contributed by atoms with Crippen LogP contribution in [0, 0.1) is 5.92 Å². The predicted molar refractivity (Wildman–Crippen MR) is 56.4 cm³/mol. The van der Waals surface area contributed by atoms with Gasteiger partial charge in [-0.25, -0.2) is 0 Å². The summed E-state index contributed by atoms with van der Waals surface area (Å²) in [5.41, 5.74) is 0. The van der Waals surface area contributed by atoms with Crippen molar-refractivity contribution >= 4 is 17.5 Å². The average Bonchev–Trinajstić information content (AvgIpc) is 2.92. The molecule has 0 aromatic rings. The maximum absolute atomic E-state index is 11.3. The van der Waals surface area contributed by atoms with Crippen LogP contribution in [0.2, 0.25) is 0 Å². The molecule has 2 rings (SSSR count). The first-order chi connectivity index (χ1) is 6.79. The molecular weight excluding hydrogens is 200 g/mol. The fourth-order valence-electron chi connectivity index (χ4n) is 1.89. The minimum absolute atomic E-state index is 0.0717. The monoisotopic (exact) mass is 216 g/mol. The van der Waals surface area contributed by atoms with Crippen LogP contribution in [0.1, 0.15) is 19.3 Å². The number of amides is 1. The summed E-state index contributed by atoms with van der Waals surface area (Å²) in [5.74, 6) is 1.10. The van der Waals surface area contributed by atoms with Crippen molar-refractivity contribution in [3.05, 3.63) is 0 Å². The smallest absolute Gasteiger partial charge is 0.237 e. The molecule has 2 aliphatic rings. The first kappa shape index (κ1) is 10.2. The third kappa shape index (κ3) is 2.61. The number of nitrogens with one attached hydrogen (secondary N) is 1. The minimum Gasteiger partial charge on any atom is -0.340 e. The summed E-state index contributed by atoms with van der Waals surface area (Å²) in [5, 5.41) is 3.52. The summed E-state index contributed by atoms with van der Waals surface area (Å²) in [6.45, 7) is 2.85. The number of nitrogens with zero attached hydrogens (tertiary/aromatic N) is 1. The van der Waals surface area contributed by atoms with E-state index in [1.807, 2.05) is 4.90 Å². The van der Waals surface area contributed by atoms with Crippen LogP contribution in [0.4, 0.5) is 0 Å². The molecule has 0 bridgehead atoms. The van der Waals surface area contributed by atoms with Crippen LogP contribution in [0.25, 0.3) is 0 Å². The van der Waals surface area contributed by atoms with Crippen LogP contribution in [-0.2, 0) is 4.79 Å². The van der Waals surface area contributed by atoms with Crippen LogP contribution >= 0.6 is 11.6 Å². The van der Waals surface area contributed by atoms with Gasteiger partial charge in [0.15, 0.2) is 0 Å². The van der Waals surface area contributed by atoms with Crippen LogP contribution in [-0.4, -0.2) is 42.4 Å². The molecular formula is C10H17ClN2O. The summed E-state index contributed by atoms with van der Waals surface area (Å²) in [6, 6.07) is 0.503. The lowest BCUT2D eigenvalue weighted by molar-refractivity contribution is -0.127. The first-order valence-corrected chi connectivity index (χ1v) is 5.90. The molecule has 0 spiro atoms. The maximum atomic E-state index is 11.3. The molecule has 1 amide bonds. The Bertz CT molecular complexity index is 218. The fraction of sp³-hybridized carbons (Fsp3) is 0.900. The lowest BCUT2D eigenvalue weighted by Gasteiger charge is -2.15. The Balaban J connectivity index is 1.67. The molecule has 4 heteroatoms. The number of hydrogen-bond donors (Lipinski definition) is 1. The average molecular weight is 217 g/mol. The molecule has 1 aliphatic carbocycles. The standard InChI is InChI=1S/C10H17ClN2O/c11-5-10(14)13-4-3-9(7-13)12-6-8-1-2-8/h8-9,12H,1-7H2. The summed E-state index contributed by atoms with van der Waals surface area (Å²) in [7, 11) is 0. The molecule has 1 heterocycles. The Kier molecular flexibility index (Phi) is 3.29. The molecule has 1 N–H and O–H groups in total. The van der Waals surface area contributed by atoms with Gasteiger partial charge in [0, 0.05) is 19.1 Å². The molecule has 80 valence electrons. The Morgan fingerprint density at radius 1 is 1.43 bits per heavy atom. The van der Waals surface area contributed by atoms with E-state index in [1.165, 1.54) is 12.8 Å². The summed E-state index contributed by atoms with van der Waals surface area (Å²) >= 11 is 5.51. The highest BCUT2D eigenvalue weighted by molar-refractivity contribution is 6.27. The minimum atomic E-state index is 0.0717. The molecule has 0 aromatic carbocycles. The van der Waals surface area contributed by atoms with Crippen LogP contribution in [0.15, 0.2) is 0 Å². The lowest BCUT2D eigenvalue weighted by Crippen LogP contribution is -2.36. The van der Waals surface area contributed by atoms with Gasteiger partial charge < -0.3 is 10.2 Å². The number of carbonyl (C=O) groups is 1. The van der Waals surface area contributed by atoms with Crippen molar-refractivity contribution in [2.24, 2.45) is 5.92 Å². The molecule has 0 aromatic heterocycles. The van der Waals surface area contributed by atoms with E-state index in [2.05, 4.69) is 5.32 Å². The highest BCUT2D eigenvalue weighted by Crippen LogP contribution is 2.28. The van der Waals surface area contributed by atoms with E-state index in [0.717, 1.165) is 32.0 Å². The van der Waals surface area contributed by atoms with Crippen molar-refractivity contribution in [2.75, 3.05) is 25.5 Å². The highest BCUT2D eigenvalue weighted by atomic mass is 35.5. The van der Waals surface area contributed by atoms with Crippen molar-refractivity contribution in [2.45, 2.75) is 25.3 Å². The predicted octanol–water partition coefficient (Wildman–Crippen LogP) is 0.826. The van der Waals surface area contributed by atoms with E-state index in [-0.39, 0.29) is 11.8 Å². The Morgan fingerprint density at radius 2 is 2.21 bits per heavy atom. The second-order valence-electron chi connectivity index (χ2n) is 4.31. The zero-order valence-electron chi connectivity index (χ0n) is 8.34. The zero-order valence-corrected chi connectivity index (χ0v) is 9.09. The molecule has 1 atom stereocenters. The molecule has 3 nitrogen and oxygen atoms in total. The second kappa shape index (κ2) is 4.49. The Hall–Kier alpha value is -0.280. The van der Waals surface area contributed by atoms with Crippen molar-refractivity contribution in [3.63, 3.8) is 0 Å². The van der Waals surface area contributed by atoms with Gasteiger partial charge in [0.05, 0.1) is 0 Å². The van der Waals surface area contributed by atoms with Gasteiger partial charge in [-0.05, 0) is 31.7 Å². The third-order valence-electron chi connectivity index (χ3n) is 3.05. The number of rotatable bonds is 4. The van der Waals surface area contributed by atoms with E-state index < -0.39 is 0 Å². The largest absolute Gasteiger partial charge is 0.340 e. The van der Waals surface area contributed by atoms with Crippen molar-refractivity contribution < 1.29 is 4.79 Å². The number of hydrogen-bond acceptors (Lipinski definition) is 2. The SMILES string of the molecule is O=C(CCl)N1CCC(NCC2CC2)C1. The highest BCUT2D eigenvalue weighted by Gasteiger charge is 2.27. The summed E-state index contributed by atoms with van der Waals surface area (Å²) < 4.78 is 0. The topological polar surface area (TPSA) is 32.3 Å². The Morgan fingerprint density at radius 3 is 2.86 bits per heavy atom. The Labute approximate surface area is 89.8 Å². The normalized spacial score (nSPS) is 26.9. The zero-order chi connectivity index (χ0) is 9.97. The van der Waals surface area contributed by atoms with Crippen LogP contribution in [0.3, 0.4) is 0 Å². The van der Waals surface area contributed by atoms with Gasteiger partial charge in [0.1, 0.15) is 5.88 Å². The van der Waals surface area contributed by atoms with Gasteiger partial charge in [-0.1, -0.05) is 0 Å². The quantitative estimate of drug-likeness (QED) is 0.706. The van der Waals surface area contributed by atoms with Crippen molar-refractivity contribution in [1.29, 1.82) is 0 Å². The lowest BCUT2D eigenvalue weighted by atomic mass is 10.2. The number of carbonyl (C=O) groups excluding carboxylic acids is 1. The van der Waals surface area contributed by atoms with E-state index >= 15 is 0 Å². The van der Waals surface area contributed by atoms with E-state index in [4.69, 9.17) is 11.6 Å². The number of alkyl halides is 1. The van der Waals surface area contributed by atoms with Gasteiger partial charge in [-0.3, -0.25) is 4.79 Å². The van der Waals surface area contributed by atoms with Gasteiger partial charge in [0.2, 0.25) is 5.91 Å². The molecule has 1 aliphatic heterocycles. The summed E-state index contributed by atoms with van der Waals surface area (Å²) in [4.78, 5) is 13.1. The first-order valence-electron chi connectivity index (χ1n) is 5.36. The number of halogens is 1. The van der Waals surface area contributed by atoms with E-state index in [1.54, 1.807) is 0 Å². The molecule has 1 saturated heterocycles. The van der Waals surface area contributed by atoms with Crippen molar-refractivity contribution in [3.8, 4) is 0 Å².